The molecule has 0 fully saturated rings. The van der Waals surface area contributed by atoms with E-state index in [1.165, 1.54) is 4.90 Å². The molecule has 2 amide bonds. The SMILES string of the molecule is CC(C)CNC(=O)[C@@H](Cc1ccccc1)N(Cc1cccc(Cl)c1)C(=O)CN(c1cc(C(F)(F)F)ccc1Cl)S(C)(=O)=O. The molecule has 0 heterocycles. The molecule has 0 radical (unpaired) electrons. The molecule has 1 atom stereocenters. The lowest BCUT2D eigenvalue weighted by molar-refractivity contribution is -0.140. The van der Waals surface area contributed by atoms with Crippen LogP contribution in [0.4, 0.5) is 18.9 Å². The molecule has 43 heavy (non-hydrogen) atoms. The quantitative estimate of drug-likeness (QED) is 0.252. The van der Waals surface area contributed by atoms with Crippen LogP contribution in [0.5, 0.6) is 0 Å². The summed E-state index contributed by atoms with van der Waals surface area (Å²) in [6.07, 6.45) is -3.95. The van der Waals surface area contributed by atoms with Gasteiger partial charge in [-0.05, 0) is 47.4 Å². The van der Waals surface area contributed by atoms with Crippen LogP contribution >= 0.6 is 23.2 Å². The van der Waals surface area contributed by atoms with Crippen LogP contribution in [0, 0.1) is 5.92 Å². The number of alkyl halides is 3. The van der Waals surface area contributed by atoms with Crippen molar-refractivity contribution in [1.82, 2.24) is 10.2 Å². The third-order valence-corrected chi connectivity index (χ3v) is 8.10. The second-order valence-electron chi connectivity index (χ2n) is 10.4. The van der Waals surface area contributed by atoms with Gasteiger partial charge in [-0.2, -0.15) is 13.2 Å². The van der Waals surface area contributed by atoms with Gasteiger partial charge in [0.05, 0.1) is 22.5 Å². The van der Waals surface area contributed by atoms with Crippen LogP contribution in [-0.4, -0.2) is 50.5 Å². The molecule has 232 valence electrons. The highest BCUT2D eigenvalue weighted by molar-refractivity contribution is 7.92. The summed E-state index contributed by atoms with van der Waals surface area (Å²) in [5.41, 5.74) is -0.367. The van der Waals surface area contributed by atoms with Crippen molar-refractivity contribution in [2.24, 2.45) is 5.92 Å². The van der Waals surface area contributed by atoms with Crippen LogP contribution in [0.3, 0.4) is 0 Å². The first-order valence-corrected chi connectivity index (χ1v) is 15.9. The Morgan fingerprint density at radius 3 is 2.16 bits per heavy atom. The summed E-state index contributed by atoms with van der Waals surface area (Å²) in [5, 5.41) is 2.92. The molecule has 0 aliphatic rings. The highest BCUT2D eigenvalue weighted by Crippen LogP contribution is 2.36. The zero-order valence-electron chi connectivity index (χ0n) is 23.7. The van der Waals surface area contributed by atoms with E-state index in [1.54, 1.807) is 54.6 Å². The van der Waals surface area contributed by atoms with Crippen LogP contribution in [0.1, 0.15) is 30.5 Å². The topological polar surface area (TPSA) is 86.8 Å². The highest BCUT2D eigenvalue weighted by atomic mass is 35.5. The van der Waals surface area contributed by atoms with Gasteiger partial charge in [0.1, 0.15) is 12.6 Å². The van der Waals surface area contributed by atoms with E-state index in [4.69, 9.17) is 23.2 Å². The van der Waals surface area contributed by atoms with Gasteiger partial charge >= 0.3 is 6.18 Å². The number of anilines is 1. The number of nitrogens with one attached hydrogen (secondary N) is 1. The van der Waals surface area contributed by atoms with Crippen LogP contribution in [0.2, 0.25) is 10.0 Å². The van der Waals surface area contributed by atoms with E-state index in [2.05, 4.69) is 5.32 Å². The number of carbonyl (C=O) groups excluding carboxylic acids is 2. The van der Waals surface area contributed by atoms with Crippen molar-refractivity contribution in [2.45, 2.75) is 39.0 Å². The van der Waals surface area contributed by atoms with E-state index in [9.17, 15) is 31.2 Å². The molecule has 0 aromatic heterocycles. The number of halogens is 5. The van der Waals surface area contributed by atoms with E-state index in [0.29, 0.717) is 33.6 Å². The molecule has 0 aliphatic heterocycles. The highest BCUT2D eigenvalue weighted by Gasteiger charge is 2.36. The minimum Gasteiger partial charge on any atom is -0.354 e. The number of amides is 2. The number of hydrogen-bond acceptors (Lipinski definition) is 4. The summed E-state index contributed by atoms with van der Waals surface area (Å²) in [7, 11) is -4.32. The minimum absolute atomic E-state index is 0.0836. The zero-order chi connectivity index (χ0) is 31.9. The average Bonchev–Trinajstić information content (AvgIpc) is 2.92. The molecule has 3 rings (SSSR count). The fourth-order valence-corrected chi connectivity index (χ4v) is 5.62. The largest absolute Gasteiger partial charge is 0.416 e. The van der Waals surface area contributed by atoms with Gasteiger partial charge in [0.15, 0.2) is 0 Å². The van der Waals surface area contributed by atoms with E-state index in [-0.39, 0.29) is 23.9 Å². The lowest BCUT2D eigenvalue weighted by Gasteiger charge is -2.34. The van der Waals surface area contributed by atoms with Crippen LogP contribution in [-0.2, 0) is 38.8 Å². The Morgan fingerprint density at radius 2 is 1.58 bits per heavy atom. The number of benzene rings is 3. The van der Waals surface area contributed by atoms with E-state index >= 15 is 0 Å². The lowest BCUT2D eigenvalue weighted by Crippen LogP contribution is -2.53. The summed E-state index contributed by atoms with van der Waals surface area (Å²) in [6.45, 7) is 3.08. The molecule has 0 bridgehead atoms. The van der Waals surface area contributed by atoms with E-state index in [0.717, 1.165) is 17.9 Å². The predicted molar refractivity (Wildman–Crippen MR) is 162 cm³/mol. The van der Waals surface area contributed by atoms with Gasteiger partial charge in [-0.25, -0.2) is 8.42 Å². The zero-order valence-corrected chi connectivity index (χ0v) is 26.1. The maximum Gasteiger partial charge on any atom is 0.416 e. The van der Waals surface area contributed by atoms with Crippen LogP contribution in [0.15, 0.2) is 72.8 Å². The molecule has 0 aliphatic carbocycles. The second kappa shape index (κ2) is 14.5. The van der Waals surface area contributed by atoms with Gasteiger partial charge in [-0.3, -0.25) is 13.9 Å². The van der Waals surface area contributed by atoms with Crippen LogP contribution < -0.4 is 9.62 Å². The van der Waals surface area contributed by atoms with Gasteiger partial charge in [0.2, 0.25) is 21.8 Å². The van der Waals surface area contributed by atoms with Gasteiger partial charge in [0, 0.05) is 24.5 Å². The Hall–Kier alpha value is -3.28. The van der Waals surface area contributed by atoms with Crippen molar-refractivity contribution >= 4 is 50.7 Å². The fraction of sp³-hybridized carbons (Fsp3) is 0.333. The van der Waals surface area contributed by atoms with Crippen molar-refractivity contribution in [2.75, 3.05) is 23.7 Å². The molecule has 7 nitrogen and oxygen atoms in total. The third kappa shape index (κ3) is 9.87. The van der Waals surface area contributed by atoms with Crippen molar-refractivity contribution in [3.8, 4) is 0 Å². The predicted octanol–water partition coefficient (Wildman–Crippen LogP) is 6.19. The molecule has 0 unspecified atom stereocenters. The Balaban J connectivity index is 2.11. The van der Waals surface area contributed by atoms with Gasteiger partial charge in [0.25, 0.3) is 0 Å². The summed E-state index contributed by atoms with van der Waals surface area (Å²) in [4.78, 5) is 28.9. The Kier molecular flexibility index (Phi) is 11.5. The number of nitrogens with zero attached hydrogens (tertiary/aromatic N) is 2. The summed E-state index contributed by atoms with van der Waals surface area (Å²) in [6, 6.07) is 16.6. The first-order chi connectivity index (χ1) is 20.1. The van der Waals surface area contributed by atoms with Gasteiger partial charge in [-0.15, -0.1) is 0 Å². The molecule has 0 saturated heterocycles. The van der Waals surface area contributed by atoms with Crippen molar-refractivity contribution in [3.05, 3.63) is 99.5 Å². The molecule has 3 aromatic rings. The number of sulfonamides is 1. The summed E-state index contributed by atoms with van der Waals surface area (Å²) in [5.74, 6) is -1.21. The summed E-state index contributed by atoms with van der Waals surface area (Å²) >= 11 is 12.4. The number of hydrogen-bond donors (Lipinski definition) is 1. The molecule has 3 aromatic carbocycles. The Bertz CT molecular complexity index is 1540. The molecule has 13 heteroatoms. The van der Waals surface area contributed by atoms with E-state index < -0.39 is 51.9 Å². The molecule has 1 N–H and O–H groups in total. The van der Waals surface area contributed by atoms with Gasteiger partial charge in [-0.1, -0.05) is 79.5 Å². The fourth-order valence-electron chi connectivity index (χ4n) is 4.28. The first-order valence-electron chi connectivity index (χ1n) is 13.3. The average molecular weight is 659 g/mol. The molecule has 0 spiro atoms. The monoisotopic (exact) mass is 657 g/mol. The van der Waals surface area contributed by atoms with Crippen molar-refractivity contribution in [1.29, 1.82) is 0 Å². The maximum atomic E-state index is 14.1. The smallest absolute Gasteiger partial charge is 0.354 e. The van der Waals surface area contributed by atoms with Crippen molar-refractivity contribution < 1.29 is 31.2 Å². The standard InChI is InChI=1S/C30H32Cl2F3N3O4S/c1-20(2)17-36-29(40)27(15-21-8-5-4-6-9-21)37(18-22-10-7-11-24(31)14-22)28(39)19-38(43(3,41)42)26-16-23(30(33,34)35)12-13-25(26)32/h4-14,16,20,27H,15,17-19H2,1-3H3,(H,36,40)/t27-/m1/s1. The maximum absolute atomic E-state index is 14.1. The third-order valence-electron chi connectivity index (χ3n) is 6.42. The number of carbonyl (C=O) groups is 2. The van der Waals surface area contributed by atoms with Crippen LogP contribution in [0.25, 0.3) is 0 Å². The second-order valence-corrected chi connectivity index (χ2v) is 13.2. The van der Waals surface area contributed by atoms with Crippen molar-refractivity contribution in [3.63, 3.8) is 0 Å². The van der Waals surface area contributed by atoms with Gasteiger partial charge < -0.3 is 10.2 Å². The summed E-state index contributed by atoms with van der Waals surface area (Å²) < 4.78 is 66.9. The number of rotatable bonds is 12. The lowest BCUT2D eigenvalue weighted by atomic mass is 10.0. The first kappa shape index (κ1) is 34.2. The molecule has 0 saturated carbocycles. The Morgan fingerprint density at radius 1 is 0.930 bits per heavy atom. The molecular weight excluding hydrogens is 626 g/mol. The normalized spacial score (nSPS) is 12.6. The Labute approximate surface area is 259 Å². The van der Waals surface area contributed by atoms with E-state index in [1.807, 2.05) is 13.8 Å². The molecular formula is C30H32Cl2F3N3O4S. The minimum atomic E-state index is -4.79.